The molecule has 3 N–H and O–H groups in total. The fourth-order valence-corrected chi connectivity index (χ4v) is 4.64. The molecule has 1 aliphatic heterocycles. The first-order chi connectivity index (χ1) is 16.6. The lowest BCUT2D eigenvalue weighted by molar-refractivity contribution is 0.102. The van der Waals surface area contributed by atoms with Crippen molar-refractivity contribution in [1.82, 2.24) is 14.8 Å². The highest BCUT2D eigenvalue weighted by atomic mass is 16.3. The molecule has 1 fully saturated rings. The second-order valence-corrected chi connectivity index (χ2v) is 8.80. The van der Waals surface area contributed by atoms with E-state index in [0.717, 1.165) is 64.8 Å². The zero-order chi connectivity index (χ0) is 23.1. The second kappa shape index (κ2) is 8.35. The molecule has 0 unspecified atom stereocenters. The molecule has 0 spiro atoms. The van der Waals surface area contributed by atoms with Crippen LogP contribution in [0, 0.1) is 0 Å². The quantitative estimate of drug-likeness (QED) is 0.369. The van der Waals surface area contributed by atoms with E-state index in [4.69, 9.17) is 0 Å². The molecular weight excluding hydrogens is 426 g/mol. The number of amides is 1. The number of rotatable bonds is 4. The molecule has 0 bridgehead atoms. The fourth-order valence-electron chi connectivity index (χ4n) is 4.64. The minimum atomic E-state index is -0.200. The van der Waals surface area contributed by atoms with Crippen LogP contribution < -0.4 is 10.2 Å². The monoisotopic (exact) mass is 451 g/mol. The molecule has 0 radical (unpaired) electrons. The highest BCUT2D eigenvalue weighted by Crippen LogP contribution is 2.25. The number of aliphatic hydroxyl groups excluding tert-OH is 1. The van der Waals surface area contributed by atoms with Crippen LogP contribution in [0.4, 0.5) is 11.4 Å². The lowest BCUT2D eigenvalue weighted by Gasteiger charge is -2.31. The number of H-pyrrole nitrogens is 1. The van der Waals surface area contributed by atoms with E-state index in [0.29, 0.717) is 5.56 Å². The summed E-state index contributed by atoms with van der Waals surface area (Å²) in [6.45, 7) is 1.67. The van der Waals surface area contributed by atoms with Crippen LogP contribution in [0.2, 0.25) is 0 Å². The van der Waals surface area contributed by atoms with Crippen molar-refractivity contribution in [1.29, 1.82) is 0 Å². The molecule has 0 aliphatic carbocycles. The van der Waals surface area contributed by atoms with Crippen molar-refractivity contribution < 1.29 is 9.90 Å². The summed E-state index contributed by atoms with van der Waals surface area (Å²) >= 11 is 0. The molecule has 3 heterocycles. The number of nitrogens with one attached hydrogen (secondary N) is 2. The van der Waals surface area contributed by atoms with Crippen molar-refractivity contribution in [3.63, 3.8) is 0 Å². The third-order valence-corrected chi connectivity index (χ3v) is 6.57. The van der Waals surface area contributed by atoms with Crippen LogP contribution in [0.25, 0.3) is 27.5 Å². The zero-order valence-corrected chi connectivity index (χ0v) is 18.6. The van der Waals surface area contributed by atoms with Gasteiger partial charge in [-0.1, -0.05) is 0 Å². The number of nitrogens with zero attached hydrogens (tertiary/aromatic N) is 3. The van der Waals surface area contributed by atoms with E-state index in [-0.39, 0.29) is 12.0 Å². The van der Waals surface area contributed by atoms with Crippen molar-refractivity contribution in [3.05, 3.63) is 84.7 Å². The maximum absolute atomic E-state index is 12.8. The normalized spacial score (nSPS) is 14.7. The van der Waals surface area contributed by atoms with Crippen LogP contribution in [0.5, 0.6) is 0 Å². The maximum Gasteiger partial charge on any atom is 0.255 e. The van der Waals surface area contributed by atoms with Gasteiger partial charge in [0, 0.05) is 52.5 Å². The van der Waals surface area contributed by atoms with Crippen LogP contribution in [0.3, 0.4) is 0 Å². The van der Waals surface area contributed by atoms with Gasteiger partial charge in [0.1, 0.15) is 0 Å². The average Bonchev–Trinajstić information content (AvgIpc) is 3.51. The van der Waals surface area contributed by atoms with Crippen LogP contribution in [-0.4, -0.2) is 45.0 Å². The zero-order valence-electron chi connectivity index (χ0n) is 18.6. The third-order valence-electron chi connectivity index (χ3n) is 6.57. The van der Waals surface area contributed by atoms with Crippen LogP contribution in [0.1, 0.15) is 23.2 Å². The molecule has 1 aliphatic rings. The third kappa shape index (κ3) is 3.80. The topological polar surface area (TPSA) is 86.2 Å². The number of aromatic nitrogens is 3. The molecular formula is C27H25N5O2. The van der Waals surface area contributed by atoms with Gasteiger partial charge in [0.05, 0.1) is 23.5 Å². The summed E-state index contributed by atoms with van der Waals surface area (Å²) in [7, 11) is 0. The number of anilines is 2. The molecule has 6 rings (SSSR count). The van der Waals surface area contributed by atoms with E-state index in [1.54, 1.807) is 0 Å². The summed E-state index contributed by atoms with van der Waals surface area (Å²) in [5, 5.41) is 19.4. The van der Waals surface area contributed by atoms with Gasteiger partial charge in [0.2, 0.25) is 0 Å². The maximum atomic E-state index is 12.8. The van der Waals surface area contributed by atoms with Gasteiger partial charge in [0.15, 0.2) is 0 Å². The van der Waals surface area contributed by atoms with E-state index >= 15 is 0 Å². The molecule has 0 atom stereocenters. The minimum absolute atomic E-state index is 0.148. The van der Waals surface area contributed by atoms with Crippen molar-refractivity contribution >= 4 is 39.1 Å². The Kier molecular flexibility index (Phi) is 5.04. The SMILES string of the molecule is O=C(Nc1ccc2c(cnn2-c2ccc3[nH]ccc3c2)c1)c1ccc(N2CCC(O)CC2)cc1. The lowest BCUT2D eigenvalue weighted by atomic mass is 10.1. The standard InChI is InChI=1S/C27H25N5O2/c33-24-10-13-31(14-11-24)22-4-1-18(2-5-22)27(34)30-21-3-8-26-20(15-21)17-29-32(26)23-6-7-25-19(16-23)9-12-28-25/h1-9,12,15-17,24,28,33H,10-11,13-14H2,(H,30,34). The highest BCUT2D eigenvalue weighted by molar-refractivity contribution is 6.05. The van der Waals surface area contributed by atoms with Crippen molar-refractivity contribution in [2.24, 2.45) is 0 Å². The average molecular weight is 452 g/mol. The molecule has 1 amide bonds. The van der Waals surface area contributed by atoms with Gasteiger partial charge in [-0.25, -0.2) is 4.68 Å². The number of hydrogen-bond acceptors (Lipinski definition) is 4. The number of fused-ring (bicyclic) bond motifs is 2. The minimum Gasteiger partial charge on any atom is -0.393 e. The Bertz CT molecular complexity index is 1480. The van der Waals surface area contributed by atoms with Gasteiger partial charge in [-0.15, -0.1) is 0 Å². The van der Waals surface area contributed by atoms with Gasteiger partial charge in [0.25, 0.3) is 5.91 Å². The van der Waals surface area contributed by atoms with Gasteiger partial charge >= 0.3 is 0 Å². The van der Waals surface area contributed by atoms with Crippen LogP contribution in [0.15, 0.2) is 79.1 Å². The van der Waals surface area contributed by atoms with Crippen molar-refractivity contribution in [2.45, 2.75) is 18.9 Å². The smallest absolute Gasteiger partial charge is 0.255 e. The molecule has 170 valence electrons. The number of aromatic amines is 1. The van der Waals surface area contributed by atoms with Crippen LogP contribution in [-0.2, 0) is 0 Å². The van der Waals surface area contributed by atoms with Gasteiger partial charge in [-0.05, 0) is 79.6 Å². The van der Waals surface area contributed by atoms with E-state index in [1.165, 1.54) is 0 Å². The van der Waals surface area contributed by atoms with Gasteiger partial charge < -0.3 is 20.3 Å². The molecule has 7 nitrogen and oxygen atoms in total. The van der Waals surface area contributed by atoms with Crippen molar-refractivity contribution in [3.8, 4) is 5.69 Å². The molecule has 34 heavy (non-hydrogen) atoms. The Labute approximate surface area is 196 Å². The number of carbonyl (C=O) groups excluding carboxylic acids is 1. The summed E-state index contributed by atoms with van der Waals surface area (Å²) < 4.78 is 1.91. The summed E-state index contributed by atoms with van der Waals surface area (Å²) in [6.07, 6.45) is 5.10. The molecule has 1 saturated heterocycles. The molecule has 7 heteroatoms. The second-order valence-electron chi connectivity index (χ2n) is 8.80. The molecule has 3 aromatic carbocycles. The van der Waals surface area contributed by atoms with E-state index in [1.807, 2.05) is 77.7 Å². The van der Waals surface area contributed by atoms with E-state index in [2.05, 4.69) is 26.4 Å². The summed E-state index contributed by atoms with van der Waals surface area (Å²) in [5.41, 5.74) is 5.47. The Morgan fingerprint density at radius 1 is 0.941 bits per heavy atom. The largest absolute Gasteiger partial charge is 0.393 e. The number of piperidine rings is 1. The number of carbonyl (C=O) groups is 1. The first kappa shape index (κ1) is 20.5. The van der Waals surface area contributed by atoms with Crippen LogP contribution >= 0.6 is 0 Å². The Balaban J connectivity index is 1.19. The number of benzene rings is 3. The summed E-state index contributed by atoms with van der Waals surface area (Å²) in [5.74, 6) is -0.148. The fraction of sp³-hybridized carbons (Fsp3) is 0.185. The number of hydrogen-bond donors (Lipinski definition) is 3. The van der Waals surface area contributed by atoms with Gasteiger partial charge in [-0.2, -0.15) is 5.10 Å². The lowest BCUT2D eigenvalue weighted by Crippen LogP contribution is -2.35. The Hall–Kier alpha value is -4.10. The molecule has 5 aromatic rings. The number of aliphatic hydroxyl groups is 1. The summed E-state index contributed by atoms with van der Waals surface area (Å²) in [6, 6.07) is 21.7. The van der Waals surface area contributed by atoms with E-state index < -0.39 is 0 Å². The highest BCUT2D eigenvalue weighted by Gasteiger charge is 2.17. The Morgan fingerprint density at radius 2 is 1.74 bits per heavy atom. The molecule has 0 saturated carbocycles. The van der Waals surface area contributed by atoms with Crippen molar-refractivity contribution in [2.75, 3.05) is 23.3 Å². The van der Waals surface area contributed by atoms with Gasteiger partial charge in [-0.3, -0.25) is 4.79 Å². The predicted molar refractivity (Wildman–Crippen MR) is 135 cm³/mol. The van der Waals surface area contributed by atoms with E-state index in [9.17, 15) is 9.90 Å². The summed E-state index contributed by atoms with van der Waals surface area (Å²) in [4.78, 5) is 18.3. The Morgan fingerprint density at radius 3 is 2.56 bits per heavy atom. The first-order valence-corrected chi connectivity index (χ1v) is 11.5. The molecule has 2 aromatic heterocycles. The first-order valence-electron chi connectivity index (χ1n) is 11.5. The predicted octanol–water partition coefficient (Wildman–Crippen LogP) is 4.72.